The van der Waals surface area contributed by atoms with Gasteiger partial charge in [0.25, 0.3) is 0 Å². The molecule has 0 spiro atoms. The first kappa shape index (κ1) is 20.9. The summed E-state index contributed by atoms with van der Waals surface area (Å²) in [5, 5.41) is 12.5. The number of aliphatic hydroxyl groups is 1. The third-order valence-electron chi connectivity index (χ3n) is 5.05. The molecule has 1 aliphatic rings. The summed E-state index contributed by atoms with van der Waals surface area (Å²) >= 11 is 1.68. The SMILES string of the molecule is [2H]N1CCC(c2ncc(-c3cnc(N)c(COc4ccnc(C#CC(C)(C)O)c4)c3)s2)CC1. The molecule has 0 unspecified atom stereocenters. The lowest BCUT2D eigenvalue weighted by Crippen LogP contribution is -2.26. The topological polar surface area (TPSA) is 106 Å². The number of aromatic nitrogens is 3. The molecule has 4 heterocycles. The molecule has 1 saturated heterocycles. The second-order valence-electron chi connectivity index (χ2n) is 8.25. The van der Waals surface area contributed by atoms with Crippen LogP contribution in [0.4, 0.5) is 5.82 Å². The lowest BCUT2D eigenvalue weighted by atomic mass is 9.99. The summed E-state index contributed by atoms with van der Waals surface area (Å²) in [6, 6.07) is 5.46. The van der Waals surface area contributed by atoms with E-state index in [0.29, 0.717) is 23.2 Å². The Morgan fingerprint density at radius 1 is 1.28 bits per heavy atom. The molecule has 0 aliphatic carbocycles. The van der Waals surface area contributed by atoms with E-state index < -0.39 is 5.60 Å². The monoisotopic (exact) mass is 450 g/mol. The summed E-state index contributed by atoms with van der Waals surface area (Å²) in [7, 11) is 0. The summed E-state index contributed by atoms with van der Waals surface area (Å²) in [5.74, 6) is 7.03. The number of thiazole rings is 1. The van der Waals surface area contributed by atoms with Crippen LogP contribution in [0.1, 0.15) is 48.9 Å². The Labute approximate surface area is 193 Å². The van der Waals surface area contributed by atoms with Crippen LogP contribution in [0.3, 0.4) is 0 Å². The molecule has 1 aliphatic heterocycles. The van der Waals surface area contributed by atoms with E-state index in [2.05, 4.69) is 26.8 Å². The van der Waals surface area contributed by atoms with Gasteiger partial charge in [-0.25, -0.2) is 15.0 Å². The molecule has 0 radical (unpaired) electrons. The van der Waals surface area contributed by atoms with Crippen molar-refractivity contribution in [2.24, 2.45) is 0 Å². The maximum Gasteiger partial charge on any atom is 0.130 e. The highest BCUT2D eigenvalue weighted by atomic mass is 32.1. The van der Waals surface area contributed by atoms with Crippen LogP contribution in [-0.4, -0.2) is 38.7 Å². The minimum absolute atomic E-state index is 0.253. The highest BCUT2D eigenvalue weighted by Gasteiger charge is 2.19. The zero-order valence-corrected chi connectivity index (χ0v) is 19.0. The van der Waals surface area contributed by atoms with E-state index in [1.807, 2.05) is 12.3 Å². The Balaban J connectivity index is 1.46. The average Bonchev–Trinajstić information content (AvgIpc) is 3.28. The molecule has 1 fully saturated rings. The molecule has 3 aromatic heterocycles. The van der Waals surface area contributed by atoms with Crippen molar-refractivity contribution < 1.29 is 11.3 Å². The van der Waals surface area contributed by atoms with Gasteiger partial charge in [0.05, 0.1) is 9.88 Å². The first-order chi connectivity index (χ1) is 15.8. The van der Waals surface area contributed by atoms with Gasteiger partial charge in [0.15, 0.2) is 0 Å². The Kier molecular flexibility index (Phi) is 6.30. The van der Waals surface area contributed by atoms with Gasteiger partial charge in [-0.2, -0.15) is 0 Å². The maximum absolute atomic E-state index is 9.77. The molecule has 7 nitrogen and oxygen atoms in total. The van der Waals surface area contributed by atoms with Gasteiger partial charge in [-0.1, -0.05) is 5.92 Å². The average molecular weight is 451 g/mol. The van der Waals surface area contributed by atoms with Gasteiger partial charge in [0, 0.05) is 41.7 Å². The van der Waals surface area contributed by atoms with Crippen molar-refractivity contribution in [1.29, 1.82) is 0 Å². The summed E-state index contributed by atoms with van der Waals surface area (Å²) in [5.41, 5.74) is 7.27. The van der Waals surface area contributed by atoms with Gasteiger partial charge in [0.1, 0.15) is 30.9 Å². The summed E-state index contributed by atoms with van der Waals surface area (Å²) in [6.07, 6.45) is 7.19. The van der Waals surface area contributed by atoms with Crippen molar-refractivity contribution in [3.8, 4) is 28.0 Å². The van der Waals surface area contributed by atoms with Crippen LogP contribution < -0.4 is 15.8 Å². The third kappa shape index (κ3) is 5.82. The third-order valence-corrected chi connectivity index (χ3v) is 6.26. The number of anilines is 1. The number of nitrogens with two attached hydrogens (primary N) is 1. The van der Waals surface area contributed by atoms with Crippen molar-refractivity contribution in [3.63, 3.8) is 0 Å². The number of nitrogens with zero attached hydrogens (tertiary/aromatic N) is 3. The highest BCUT2D eigenvalue weighted by molar-refractivity contribution is 7.15. The molecular formula is C24H27N5O2S. The van der Waals surface area contributed by atoms with Crippen LogP contribution >= 0.6 is 11.3 Å². The fraction of sp³-hybridized carbons (Fsp3) is 0.375. The first-order valence-electron chi connectivity index (χ1n) is 11.0. The van der Waals surface area contributed by atoms with E-state index in [0.717, 1.165) is 46.9 Å². The van der Waals surface area contributed by atoms with Gasteiger partial charge < -0.3 is 20.9 Å². The summed E-state index contributed by atoms with van der Waals surface area (Å²) in [6.45, 7) is 5.06. The second-order valence-corrected chi connectivity index (χ2v) is 9.31. The zero-order valence-electron chi connectivity index (χ0n) is 19.2. The van der Waals surface area contributed by atoms with Crippen LogP contribution in [0.25, 0.3) is 10.4 Å². The Morgan fingerprint density at radius 3 is 2.88 bits per heavy atom. The predicted molar refractivity (Wildman–Crippen MR) is 126 cm³/mol. The van der Waals surface area contributed by atoms with Gasteiger partial charge >= 0.3 is 0 Å². The van der Waals surface area contributed by atoms with Crippen LogP contribution in [0, 0.1) is 11.8 Å². The van der Waals surface area contributed by atoms with Gasteiger partial charge in [-0.3, -0.25) is 0 Å². The number of pyridine rings is 2. The smallest absolute Gasteiger partial charge is 0.130 e. The van der Waals surface area contributed by atoms with Crippen LogP contribution in [0.15, 0.2) is 36.8 Å². The van der Waals surface area contributed by atoms with E-state index in [9.17, 15) is 5.11 Å². The minimum atomic E-state index is -1.09. The van der Waals surface area contributed by atoms with E-state index in [1.165, 1.54) is 0 Å². The van der Waals surface area contributed by atoms with Crippen molar-refractivity contribution >= 4 is 17.2 Å². The Morgan fingerprint density at radius 2 is 2.09 bits per heavy atom. The molecule has 0 bridgehead atoms. The van der Waals surface area contributed by atoms with Crippen molar-refractivity contribution in [2.75, 3.05) is 18.8 Å². The molecule has 0 saturated carbocycles. The van der Waals surface area contributed by atoms with Crippen LogP contribution in [-0.2, 0) is 6.61 Å². The number of rotatable bonds is 5. The predicted octanol–water partition coefficient (Wildman–Crippen LogP) is 3.35. The number of nitrogen functional groups attached to an aromatic ring is 1. The molecule has 4 N–H and O–H groups in total. The maximum atomic E-state index is 9.77. The molecule has 0 atom stereocenters. The molecule has 3 aromatic rings. The number of hydrogen-bond acceptors (Lipinski definition) is 8. The van der Waals surface area contributed by atoms with Crippen LogP contribution in [0.2, 0.25) is 1.41 Å². The molecular weight excluding hydrogens is 422 g/mol. The molecule has 166 valence electrons. The molecule has 4 rings (SSSR count). The van der Waals surface area contributed by atoms with E-state index in [4.69, 9.17) is 11.9 Å². The van der Waals surface area contributed by atoms with Gasteiger partial charge in [-0.05, 0) is 57.8 Å². The van der Waals surface area contributed by atoms with Crippen molar-refractivity contribution in [3.05, 3.63) is 53.1 Å². The number of piperidine rings is 1. The Hall–Kier alpha value is -2.99. The molecule has 0 amide bonds. The number of hydrogen-bond donors (Lipinski definition) is 3. The standard InChI is InChI=1S/C24H27N5O2S/c1-24(2,30)7-3-19-12-20(6-10-27-19)31-15-18-11-17(13-28-22(18)25)21-14-29-23(32-21)16-4-8-26-9-5-16/h6,10-14,16,26,30H,4-5,8-9,15H2,1-2H3,(H2,25,28)/i/hD. The number of nitrogens with one attached hydrogen (secondary N) is 1. The summed E-state index contributed by atoms with van der Waals surface area (Å²) < 4.78 is 13.7. The van der Waals surface area contributed by atoms with Crippen molar-refractivity contribution in [1.82, 2.24) is 20.3 Å². The normalized spacial score (nSPS) is 15.7. The second kappa shape index (κ2) is 9.65. The van der Waals surface area contributed by atoms with Gasteiger partial charge in [-0.15, -0.1) is 11.3 Å². The fourth-order valence-electron chi connectivity index (χ4n) is 3.33. The Bertz CT molecular complexity index is 1170. The zero-order chi connectivity index (χ0) is 23.4. The first-order valence-corrected chi connectivity index (χ1v) is 11.4. The fourth-order valence-corrected chi connectivity index (χ4v) is 4.39. The quantitative estimate of drug-likeness (QED) is 0.512. The minimum Gasteiger partial charge on any atom is -0.489 e. The van der Waals surface area contributed by atoms with Crippen LogP contribution in [0.5, 0.6) is 5.75 Å². The van der Waals surface area contributed by atoms with E-state index in [1.54, 1.807) is 55.0 Å². The largest absolute Gasteiger partial charge is 0.489 e. The molecule has 8 heteroatoms. The van der Waals surface area contributed by atoms with Crippen molar-refractivity contribution in [2.45, 2.75) is 44.8 Å². The lowest BCUT2D eigenvalue weighted by molar-refractivity contribution is 0.143. The highest BCUT2D eigenvalue weighted by Crippen LogP contribution is 2.34. The van der Waals surface area contributed by atoms with E-state index >= 15 is 0 Å². The number of ether oxygens (including phenoxy) is 1. The van der Waals surface area contributed by atoms with E-state index in [-0.39, 0.29) is 6.61 Å². The van der Waals surface area contributed by atoms with Gasteiger partial charge in [0.2, 0.25) is 0 Å². The lowest BCUT2D eigenvalue weighted by Gasteiger charge is -2.20. The molecule has 0 aromatic carbocycles. The molecule has 32 heavy (non-hydrogen) atoms. The summed E-state index contributed by atoms with van der Waals surface area (Å²) in [4.78, 5) is 14.2.